The maximum Gasteiger partial charge on any atom is 0.269 e. The highest BCUT2D eigenvalue weighted by atomic mass is 79.9. The highest BCUT2D eigenvalue weighted by Crippen LogP contribution is 2.50. The third-order valence-corrected chi connectivity index (χ3v) is 9.44. The Hall–Kier alpha value is -4.15. The van der Waals surface area contributed by atoms with E-state index in [1.807, 2.05) is 30.3 Å². The van der Waals surface area contributed by atoms with Gasteiger partial charge in [-0.3, -0.25) is 14.8 Å². The molecule has 0 unspecified atom stereocenters. The number of nitrogens with zero attached hydrogens (tertiary/aromatic N) is 1. The van der Waals surface area contributed by atoms with Gasteiger partial charge >= 0.3 is 0 Å². The van der Waals surface area contributed by atoms with E-state index in [4.69, 9.17) is 4.74 Å². The van der Waals surface area contributed by atoms with Crippen LogP contribution in [0, 0.1) is 16.0 Å². The molecule has 4 aromatic carbocycles. The van der Waals surface area contributed by atoms with Crippen LogP contribution in [0.3, 0.4) is 0 Å². The predicted octanol–water partition coefficient (Wildman–Crippen LogP) is 7.56. The van der Waals surface area contributed by atoms with Crippen LogP contribution < -0.4 is 14.8 Å². The molecule has 1 aliphatic heterocycles. The minimum Gasteiger partial charge on any atom is -0.489 e. The van der Waals surface area contributed by atoms with Crippen LogP contribution >= 0.6 is 15.9 Å². The van der Waals surface area contributed by atoms with Gasteiger partial charge in [0.15, 0.2) is 0 Å². The van der Waals surface area contributed by atoms with Gasteiger partial charge in [-0.15, -0.1) is 0 Å². The summed E-state index contributed by atoms with van der Waals surface area (Å²) in [5.74, 6) is 1.04. The number of nitro benzene ring substituents is 1. The maximum atomic E-state index is 13.2. The average Bonchev–Trinajstić information content (AvgIpc) is 3.48. The lowest BCUT2D eigenvalue weighted by atomic mass is 9.77. The lowest BCUT2D eigenvalue weighted by molar-refractivity contribution is -0.384. The second kappa shape index (κ2) is 11.0. The molecule has 0 amide bonds. The second-order valence-corrected chi connectivity index (χ2v) is 12.7. The Morgan fingerprint density at radius 1 is 0.976 bits per heavy atom. The molecule has 0 spiro atoms. The fourth-order valence-corrected chi connectivity index (χ4v) is 6.81. The number of rotatable bonds is 8. The first-order valence-corrected chi connectivity index (χ1v) is 15.4. The number of allylic oxidation sites excluding steroid dienone is 2. The monoisotopic (exact) mass is 631 g/mol. The highest BCUT2D eigenvalue weighted by Gasteiger charge is 2.38. The van der Waals surface area contributed by atoms with Gasteiger partial charge in [0.25, 0.3) is 15.7 Å². The summed E-state index contributed by atoms with van der Waals surface area (Å²) in [5, 5.41) is 14.5. The SMILES string of the molecule is O=[N+]([O-])c1ccc(COc2ccc([C@H]3Nc4ccc(S(=O)(=O)Nc5ccc(Br)cc5)cc4[C@H]4C=CC[C@H]43)cc2)cc1. The molecular weight excluding hydrogens is 606 g/mol. The van der Waals surface area contributed by atoms with Crippen LogP contribution in [0.1, 0.15) is 35.1 Å². The molecule has 2 N–H and O–H groups in total. The molecule has 0 fully saturated rings. The van der Waals surface area contributed by atoms with Crippen LogP contribution in [0.15, 0.2) is 113 Å². The van der Waals surface area contributed by atoms with Crippen LogP contribution in [0.2, 0.25) is 0 Å². The fraction of sp³-hybridized carbons (Fsp3) is 0.161. The molecule has 3 atom stereocenters. The van der Waals surface area contributed by atoms with Crippen molar-refractivity contribution in [1.29, 1.82) is 0 Å². The summed E-state index contributed by atoms with van der Waals surface area (Å²) in [6.07, 6.45) is 5.23. The molecule has 0 bridgehead atoms. The summed E-state index contributed by atoms with van der Waals surface area (Å²) in [7, 11) is -3.75. The van der Waals surface area contributed by atoms with E-state index >= 15 is 0 Å². The number of benzene rings is 4. The number of nitrogens with one attached hydrogen (secondary N) is 2. The van der Waals surface area contributed by atoms with Crippen molar-refractivity contribution in [2.45, 2.75) is 29.9 Å². The smallest absolute Gasteiger partial charge is 0.269 e. The van der Waals surface area contributed by atoms with Gasteiger partial charge in [-0.2, -0.15) is 0 Å². The van der Waals surface area contributed by atoms with Gasteiger partial charge < -0.3 is 10.1 Å². The second-order valence-electron chi connectivity index (χ2n) is 10.1. The van der Waals surface area contributed by atoms with Gasteiger partial charge in [-0.25, -0.2) is 8.42 Å². The maximum absolute atomic E-state index is 13.2. The summed E-state index contributed by atoms with van der Waals surface area (Å²) in [6, 6.07) is 26.6. The zero-order chi connectivity index (χ0) is 28.6. The molecule has 1 aliphatic carbocycles. The van der Waals surface area contributed by atoms with Crippen LogP contribution in [0.5, 0.6) is 5.75 Å². The summed E-state index contributed by atoms with van der Waals surface area (Å²) in [6.45, 7) is 0.308. The third kappa shape index (κ3) is 5.71. The van der Waals surface area contributed by atoms with E-state index in [1.165, 1.54) is 12.1 Å². The summed E-state index contributed by atoms with van der Waals surface area (Å²) >= 11 is 3.37. The largest absolute Gasteiger partial charge is 0.489 e. The normalized spacial score (nSPS) is 19.1. The van der Waals surface area contributed by atoms with Gasteiger partial charge in [0, 0.05) is 33.9 Å². The lowest BCUT2D eigenvalue weighted by Crippen LogP contribution is -2.29. The first kappa shape index (κ1) is 27.0. The number of ether oxygens (including phenoxy) is 1. The number of hydrogen-bond acceptors (Lipinski definition) is 6. The molecular formula is C31H26BrN3O5S. The van der Waals surface area contributed by atoms with E-state index < -0.39 is 14.9 Å². The Kier molecular flexibility index (Phi) is 7.27. The minimum absolute atomic E-state index is 0.0505. The van der Waals surface area contributed by atoms with Gasteiger partial charge in [0.1, 0.15) is 12.4 Å². The number of halogens is 1. The van der Waals surface area contributed by atoms with Crippen LogP contribution in [-0.2, 0) is 16.6 Å². The van der Waals surface area contributed by atoms with E-state index in [0.29, 0.717) is 18.0 Å². The quantitative estimate of drug-likeness (QED) is 0.118. The standard InChI is InChI=1S/C31H26BrN3O5S/c32-22-8-10-23(11-9-22)34-41(38,39)26-16-17-30-29(18-26)27-2-1-3-28(27)31(33-30)21-6-14-25(15-7-21)40-19-20-4-12-24(13-5-20)35(36)37/h1-2,4-18,27-28,31,33-34H,3,19H2/t27-,28+,31+/m0/s1. The van der Waals surface area contributed by atoms with Crippen molar-refractivity contribution >= 4 is 43.0 Å². The molecule has 0 saturated heterocycles. The van der Waals surface area contributed by atoms with Crippen molar-refractivity contribution < 1.29 is 18.1 Å². The Balaban J connectivity index is 1.17. The Bertz CT molecular complexity index is 1720. The van der Waals surface area contributed by atoms with Gasteiger partial charge in [0.2, 0.25) is 0 Å². The number of hydrogen-bond donors (Lipinski definition) is 2. The van der Waals surface area contributed by atoms with Crippen molar-refractivity contribution in [3.05, 3.63) is 134 Å². The van der Waals surface area contributed by atoms with Crippen molar-refractivity contribution in [2.24, 2.45) is 5.92 Å². The van der Waals surface area contributed by atoms with Crippen molar-refractivity contribution in [1.82, 2.24) is 0 Å². The number of anilines is 2. The van der Waals surface area contributed by atoms with Crippen molar-refractivity contribution in [3.63, 3.8) is 0 Å². The van der Waals surface area contributed by atoms with Crippen LogP contribution in [-0.4, -0.2) is 13.3 Å². The summed E-state index contributed by atoms with van der Waals surface area (Å²) in [4.78, 5) is 10.7. The third-order valence-electron chi connectivity index (χ3n) is 7.53. The zero-order valence-corrected chi connectivity index (χ0v) is 24.1. The highest BCUT2D eigenvalue weighted by molar-refractivity contribution is 9.10. The number of nitro groups is 1. The Labute approximate surface area is 246 Å². The molecule has 208 valence electrons. The molecule has 1 heterocycles. The zero-order valence-electron chi connectivity index (χ0n) is 21.7. The van der Waals surface area contributed by atoms with E-state index in [1.54, 1.807) is 48.5 Å². The molecule has 8 nitrogen and oxygen atoms in total. The lowest BCUT2D eigenvalue weighted by Gasteiger charge is -2.37. The Morgan fingerprint density at radius 2 is 1.71 bits per heavy atom. The van der Waals surface area contributed by atoms with E-state index in [2.05, 4.69) is 38.1 Å². The Morgan fingerprint density at radius 3 is 2.41 bits per heavy atom. The molecule has 0 radical (unpaired) electrons. The number of non-ortho nitro benzene ring substituents is 1. The molecule has 0 aromatic heterocycles. The van der Waals surface area contributed by atoms with Crippen LogP contribution in [0.25, 0.3) is 0 Å². The summed E-state index contributed by atoms with van der Waals surface area (Å²) < 4.78 is 35.8. The number of sulfonamides is 1. The van der Waals surface area contributed by atoms with Gasteiger partial charge in [0.05, 0.1) is 15.9 Å². The first-order valence-electron chi connectivity index (χ1n) is 13.1. The molecule has 0 saturated carbocycles. The van der Waals surface area contributed by atoms with Crippen LogP contribution in [0.4, 0.5) is 17.1 Å². The first-order chi connectivity index (χ1) is 19.8. The topological polar surface area (TPSA) is 111 Å². The van der Waals surface area contributed by atoms with Gasteiger partial charge in [-0.05, 0) is 95.8 Å². The van der Waals surface area contributed by atoms with Crippen molar-refractivity contribution in [3.8, 4) is 5.75 Å². The minimum atomic E-state index is -3.75. The summed E-state index contributed by atoms with van der Waals surface area (Å²) in [5.41, 5.74) is 4.41. The van der Waals surface area contributed by atoms with Gasteiger partial charge in [-0.1, -0.05) is 40.2 Å². The van der Waals surface area contributed by atoms with E-state index in [-0.39, 0.29) is 28.5 Å². The predicted molar refractivity (Wildman–Crippen MR) is 162 cm³/mol. The molecule has 41 heavy (non-hydrogen) atoms. The molecule has 4 aromatic rings. The fourth-order valence-electron chi connectivity index (χ4n) is 5.45. The number of fused-ring (bicyclic) bond motifs is 3. The van der Waals surface area contributed by atoms with Crippen molar-refractivity contribution in [2.75, 3.05) is 10.0 Å². The molecule has 10 heteroatoms. The van der Waals surface area contributed by atoms with E-state index in [9.17, 15) is 18.5 Å². The molecule has 2 aliphatic rings. The van der Waals surface area contributed by atoms with E-state index in [0.717, 1.165) is 33.3 Å². The molecule has 6 rings (SSSR count). The average molecular weight is 633 g/mol.